The van der Waals surface area contributed by atoms with E-state index < -0.39 is 21.4 Å². The molecule has 0 aliphatic carbocycles. The van der Waals surface area contributed by atoms with Crippen molar-refractivity contribution in [2.75, 3.05) is 11.5 Å². The summed E-state index contributed by atoms with van der Waals surface area (Å²) in [4.78, 5) is 12.5. The number of hydrogen-bond acceptors (Lipinski definition) is 5. The van der Waals surface area contributed by atoms with E-state index in [4.69, 9.17) is 0 Å². The van der Waals surface area contributed by atoms with Gasteiger partial charge in [-0.3, -0.25) is 9.48 Å². The molecular formula is C19H18FN3O3S. The number of carbonyl (C=O) groups is 1. The number of sulfone groups is 1. The summed E-state index contributed by atoms with van der Waals surface area (Å²) in [5, 5.41) is 13.8. The maximum Gasteiger partial charge on any atom is 0.203 e. The highest BCUT2D eigenvalue weighted by Crippen LogP contribution is 2.28. The zero-order valence-corrected chi connectivity index (χ0v) is 15.8. The molecule has 0 spiro atoms. The quantitative estimate of drug-likeness (QED) is 0.457. The molecule has 1 aromatic heterocycles. The average Bonchev–Trinajstić information content (AvgIpc) is 3.12. The lowest BCUT2D eigenvalue weighted by molar-refractivity contribution is 0.104. The van der Waals surface area contributed by atoms with Crippen LogP contribution in [0.2, 0.25) is 0 Å². The normalized spacial score (nSPS) is 19.0. The van der Waals surface area contributed by atoms with Crippen LogP contribution in [-0.4, -0.2) is 35.5 Å². The second-order valence-electron chi connectivity index (χ2n) is 6.59. The minimum Gasteiger partial charge on any atom is -0.288 e. The van der Waals surface area contributed by atoms with Crippen molar-refractivity contribution in [3.05, 3.63) is 58.2 Å². The van der Waals surface area contributed by atoms with Gasteiger partial charge in [-0.05, 0) is 50.6 Å². The van der Waals surface area contributed by atoms with Crippen molar-refractivity contribution in [1.29, 1.82) is 5.26 Å². The number of ketones is 1. The first-order chi connectivity index (χ1) is 12.7. The van der Waals surface area contributed by atoms with E-state index in [0.717, 1.165) is 12.1 Å². The molecule has 0 bridgehead atoms. The molecule has 1 saturated heterocycles. The van der Waals surface area contributed by atoms with Gasteiger partial charge >= 0.3 is 0 Å². The Kier molecular flexibility index (Phi) is 4.98. The summed E-state index contributed by atoms with van der Waals surface area (Å²) in [6.45, 7) is 3.53. The number of Topliss-reactive ketones (excluding diaryl/α,β-unsaturated/α-hetero) is 1. The van der Waals surface area contributed by atoms with Gasteiger partial charge in [0.2, 0.25) is 5.78 Å². The second-order valence-corrected chi connectivity index (χ2v) is 8.82. The van der Waals surface area contributed by atoms with Gasteiger partial charge in [-0.2, -0.15) is 10.4 Å². The first kappa shape index (κ1) is 19.0. The SMILES string of the molecule is Cc1nn([C@H]2CCS(=O)(=O)C2)c(C)c1/C=C(\C#N)C(=O)c1ccc(F)cc1. The number of nitrogens with zero attached hydrogens (tertiary/aromatic N) is 3. The van der Waals surface area contributed by atoms with E-state index in [1.165, 1.54) is 18.2 Å². The van der Waals surface area contributed by atoms with Gasteiger partial charge in [0.1, 0.15) is 17.5 Å². The summed E-state index contributed by atoms with van der Waals surface area (Å²) in [7, 11) is -3.06. The molecule has 1 atom stereocenters. The van der Waals surface area contributed by atoms with Crippen molar-refractivity contribution in [3.8, 4) is 6.07 Å². The average molecular weight is 387 g/mol. The smallest absolute Gasteiger partial charge is 0.203 e. The Morgan fingerprint density at radius 1 is 1.33 bits per heavy atom. The van der Waals surface area contributed by atoms with Crippen molar-refractivity contribution >= 4 is 21.7 Å². The number of hydrogen-bond donors (Lipinski definition) is 0. The Balaban J connectivity index is 1.97. The lowest BCUT2D eigenvalue weighted by Gasteiger charge is -2.11. The Morgan fingerprint density at radius 3 is 2.56 bits per heavy atom. The Hall–Kier alpha value is -2.79. The Labute approximate surface area is 156 Å². The fourth-order valence-electron chi connectivity index (χ4n) is 3.26. The maximum absolute atomic E-state index is 13.0. The van der Waals surface area contributed by atoms with Gasteiger partial charge in [0.25, 0.3) is 0 Å². The molecule has 0 radical (unpaired) electrons. The molecule has 0 N–H and O–H groups in total. The molecule has 1 fully saturated rings. The molecule has 6 nitrogen and oxygen atoms in total. The van der Waals surface area contributed by atoms with Gasteiger partial charge < -0.3 is 0 Å². The number of nitriles is 1. The summed E-state index contributed by atoms with van der Waals surface area (Å²) in [5.74, 6) is -0.799. The Morgan fingerprint density at radius 2 is 2.00 bits per heavy atom. The van der Waals surface area contributed by atoms with Crippen LogP contribution in [0.3, 0.4) is 0 Å². The van der Waals surface area contributed by atoms with Crippen molar-refractivity contribution in [2.45, 2.75) is 26.3 Å². The van der Waals surface area contributed by atoms with Gasteiger partial charge in [-0.15, -0.1) is 0 Å². The third-order valence-electron chi connectivity index (χ3n) is 4.70. The summed E-state index contributed by atoms with van der Waals surface area (Å²) in [6.07, 6.45) is 1.95. The fraction of sp³-hybridized carbons (Fsp3) is 0.316. The van der Waals surface area contributed by atoms with Gasteiger partial charge in [-0.25, -0.2) is 12.8 Å². The van der Waals surface area contributed by atoms with E-state index in [2.05, 4.69) is 5.10 Å². The van der Waals surface area contributed by atoms with Crippen molar-refractivity contribution in [3.63, 3.8) is 0 Å². The van der Waals surface area contributed by atoms with Crippen LogP contribution >= 0.6 is 0 Å². The molecule has 140 valence electrons. The third-order valence-corrected chi connectivity index (χ3v) is 6.45. The molecule has 8 heteroatoms. The Bertz CT molecular complexity index is 1080. The van der Waals surface area contributed by atoms with Crippen molar-refractivity contribution in [2.24, 2.45) is 0 Å². The molecule has 3 rings (SSSR count). The predicted molar refractivity (Wildman–Crippen MR) is 98.3 cm³/mol. The molecule has 1 aliphatic rings. The number of carbonyl (C=O) groups excluding carboxylic acids is 1. The zero-order valence-electron chi connectivity index (χ0n) is 14.9. The highest BCUT2D eigenvalue weighted by molar-refractivity contribution is 7.91. The van der Waals surface area contributed by atoms with E-state index in [9.17, 15) is 22.9 Å². The number of halogens is 1. The first-order valence-electron chi connectivity index (χ1n) is 8.40. The summed E-state index contributed by atoms with van der Waals surface area (Å²) in [6, 6.07) is 6.64. The van der Waals surface area contributed by atoms with Gasteiger partial charge in [0, 0.05) is 16.8 Å². The topological polar surface area (TPSA) is 92.8 Å². The van der Waals surface area contributed by atoms with Crippen LogP contribution in [0.25, 0.3) is 6.08 Å². The molecule has 27 heavy (non-hydrogen) atoms. The number of rotatable bonds is 4. The van der Waals surface area contributed by atoms with Gasteiger partial charge in [0.15, 0.2) is 9.84 Å². The second kappa shape index (κ2) is 7.08. The fourth-order valence-corrected chi connectivity index (χ4v) is 4.95. The van der Waals surface area contributed by atoms with Crippen LogP contribution in [0.5, 0.6) is 0 Å². The van der Waals surface area contributed by atoms with Crippen LogP contribution in [0.4, 0.5) is 4.39 Å². The van der Waals surface area contributed by atoms with Gasteiger partial charge in [0.05, 0.1) is 23.2 Å². The van der Waals surface area contributed by atoms with Crippen LogP contribution in [0, 0.1) is 31.0 Å². The molecule has 2 heterocycles. The highest BCUT2D eigenvalue weighted by Gasteiger charge is 2.31. The minimum absolute atomic E-state index is 0.0394. The van der Waals surface area contributed by atoms with Crippen LogP contribution in [0.1, 0.15) is 39.8 Å². The molecule has 1 aliphatic heterocycles. The number of aryl methyl sites for hydroxylation is 1. The minimum atomic E-state index is -3.06. The predicted octanol–water partition coefficient (Wildman–Crippen LogP) is 2.79. The molecule has 0 saturated carbocycles. The largest absolute Gasteiger partial charge is 0.288 e. The molecule has 2 aromatic rings. The molecular weight excluding hydrogens is 369 g/mol. The van der Waals surface area contributed by atoms with E-state index in [-0.39, 0.29) is 28.7 Å². The van der Waals surface area contributed by atoms with Crippen LogP contribution < -0.4 is 0 Å². The highest BCUT2D eigenvalue weighted by atomic mass is 32.2. The first-order valence-corrected chi connectivity index (χ1v) is 10.2. The van der Waals surface area contributed by atoms with E-state index in [1.807, 2.05) is 6.07 Å². The molecule has 0 unspecified atom stereocenters. The number of allylic oxidation sites excluding steroid dienone is 1. The monoisotopic (exact) mass is 387 g/mol. The lowest BCUT2D eigenvalue weighted by atomic mass is 10.0. The van der Waals surface area contributed by atoms with Crippen LogP contribution in [-0.2, 0) is 9.84 Å². The summed E-state index contributed by atoms with van der Waals surface area (Å²) < 4.78 is 38.2. The molecule has 1 aromatic carbocycles. The van der Waals surface area contributed by atoms with Crippen molar-refractivity contribution < 1.29 is 17.6 Å². The van der Waals surface area contributed by atoms with E-state index in [0.29, 0.717) is 23.4 Å². The number of aromatic nitrogens is 2. The van der Waals surface area contributed by atoms with Crippen molar-refractivity contribution in [1.82, 2.24) is 9.78 Å². The standard InChI is InChI=1S/C19H18FN3O3S/c1-12-18(13(2)23(22-12)17-7-8-27(25,26)11-17)9-15(10-21)19(24)14-3-5-16(20)6-4-14/h3-6,9,17H,7-8,11H2,1-2H3/b15-9+/t17-/m0/s1. The van der Waals surface area contributed by atoms with Crippen LogP contribution in [0.15, 0.2) is 29.8 Å². The lowest BCUT2D eigenvalue weighted by Crippen LogP contribution is -2.14. The van der Waals surface area contributed by atoms with E-state index in [1.54, 1.807) is 18.5 Å². The zero-order chi connectivity index (χ0) is 19.8. The molecule has 0 amide bonds. The summed E-state index contributed by atoms with van der Waals surface area (Å²) >= 11 is 0. The summed E-state index contributed by atoms with van der Waals surface area (Å²) in [5.41, 5.74) is 2.05. The maximum atomic E-state index is 13.0. The van der Waals surface area contributed by atoms with E-state index >= 15 is 0 Å². The number of benzene rings is 1. The third kappa shape index (κ3) is 3.83. The van der Waals surface area contributed by atoms with Gasteiger partial charge in [-0.1, -0.05) is 0 Å².